The Labute approximate surface area is 223 Å². The molecule has 0 radical (unpaired) electrons. The third-order valence-corrected chi connectivity index (χ3v) is 7.30. The topological polar surface area (TPSA) is 83.0 Å². The highest BCUT2D eigenvalue weighted by molar-refractivity contribution is 6.13. The second kappa shape index (κ2) is 11.6. The van der Waals surface area contributed by atoms with Crippen LogP contribution in [-0.4, -0.2) is 43.1 Å². The summed E-state index contributed by atoms with van der Waals surface area (Å²) >= 11 is 0. The minimum absolute atomic E-state index is 0.146. The number of aliphatic imine (C=N–C) groups is 1. The van der Waals surface area contributed by atoms with Crippen LogP contribution in [0.4, 0.5) is 11.4 Å². The summed E-state index contributed by atoms with van der Waals surface area (Å²) in [4.78, 5) is 32.7. The minimum atomic E-state index is -0.495. The van der Waals surface area contributed by atoms with Gasteiger partial charge in [0.05, 0.1) is 18.8 Å². The number of nitrogens with zero attached hydrogens (tertiary/aromatic N) is 2. The van der Waals surface area contributed by atoms with E-state index in [9.17, 15) is 9.59 Å². The lowest BCUT2D eigenvalue weighted by molar-refractivity contribution is -0.115. The normalized spacial score (nSPS) is 18.2. The molecule has 2 atom stereocenters. The van der Waals surface area contributed by atoms with Crippen LogP contribution in [0.1, 0.15) is 65.2 Å². The molecule has 3 aromatic carbocycles. The van der Waals surface area contributed by atoms with Gasteiger partial charge in [-0.25, -0.2) is 0 Å². The Kier molecular flexibility index (Phi) is 7.84. The number of piperidine rings is 1. The van der Waals surface area contributed by atoms with E-state index < -0.39 is 5.92 Å². The number of carbonyl (C=O) groups is 2. The van der Waals surface area contributed by atoms with Gasteiger partial charge in [0, 0.05) is 24.0 Å². The SMILES string of the molecule is COc1cccc([C@@H](C)NC(=O)c2ccc3c(c2)NC(=O)C3C=Nc2ccc(CN3CCCCC3)cc2)c1. The maximum atomic E-state index is 12.9. The van der Waals surface area contributed by atoms with Gasteiger partial charge in [-0.05, 0) is 85.9 Å². The van der Waals surface area contributed by atoms with Crippen molar-refractivity contribution < 1.29 is 14.3 Å². The van der Waals surface area contributed by atoms with E-state index in [0.29, 0.717) is 11.3 Å². The summed E-state index contributed by atoms with van der Waals surface area (Å²) in [5.41, 5.74) is 4.99. The van der Waals surface area contributed by atoms with Gasteiger partial charge in [-0.15, -0.1) is 0 Å². The Hall–Kier alpha value is -3.97. The number of hydrogen-bond donors (Lipinski definition) is 2. The second-order valence-electron chi connectivity index (χ2n) is 10.0. The number of carbonyl (C=O) groups excluding carboxylic acids is 2. The summed E-state index contributed by atoms with van der Waals surface area (Å²) in [6, 6.07) is 20.9. The molecule has 7 heteroatoms. The average molecular weight is 511 g/mol. The quantitative estimate of drug-likeness (QED) is 0.386. The van der Waals surface area contributed by atoms with Gasteiger partial charge < -0.3 is 15.4 Å². The molecular weight excluding hydrogens is 476 g/mol. The van der Waals surface area contributed by atoms with Gasteiger partial charge >= 0.3 is 0 Å². The Morgan fingerprint density at radius 3 is 2.66 bits per heavy atom. The fourth-order valence-corrected chi connectivity index (χ4v) is 5.07. The van der Waals surface area contributed by atoms with Crippen LogP contribution in [0, 0.1) is 0 Å². The maximum Gasteiger partial charge on any atom is 0.251 e. The molecule has 0 aromatic heterocycles. The van der Waals surface area contributed by atoms with Crippen LogP contribution < -0.4 is 15.4 Å². The first-order valence-electron chi connectivity index (χ1n) is 13.3. The monoisotopic (exact) mass is 510 g/mol. The fraction of sp³-hybridized carbons (Fsp3) is 0.323. The van der Waals surface area contributed by atoms with Gasteiger partial charge in [-0.3, -0.25) is 19.5 Å². The summed E-state index contributed by atoms with van der Waals surface area (Å²) in [6.07, 6.45) is 5.58. The first-order valence-corrected chi connectivity index (χ1v) is 13.3. The van der Waals surface area contributed by atoms with Crippen molar-refractivity contribution in [3.8, 4) is 5.75 Å². The van der Waals surface area contributed by atoms with Crippen LogP contribution in [0.2, 0.25) is 0 Å². The summed E-state index contributed by atoms with van der Waals surface area (Å²) < 4.78 is 5.28. The first-order chi connectivity index (χ1) is 18.5. The van der Waals surface area contributed by atoms with E-state index in [1.165, 1.54) is 37.9 Å². The van der Waals surface area contributed by atoms with Crippen LogP contribution in [0.15, 0.2) is 71.7 Å². The van der Waals surface area contributed by atoms with Crippen molar-refractivity contribution in [1.29, 1.82) is 0 Å². The predicted octanol–water partition coefficient (Wildman–Crippen LogP) is 5.61. The molecule has 0 aliphatic carbocycles. The number of ether oxygens (including phenoxy) is 1. The van der Waals surface area contributed by atoms with Crippen molar-refractivity contribution in [3.05, 3.63) is 89.0 Å². The highest BCUT2D eigenvalue weighted by atomic mass is 16.5. The molecule has 2 heterocycles. The van der Waals surface area contributed by atoms with Gasteiger partial charge in [0.25, 0.3) is 5.91 Å². The van der Waals surface area contributed by atoms with E-state index in [0.717, 1.165) is 29.1 Å². The van der Waals surface area contributed by atoms with Gasteiger partial charge in [0.2, 0.25) is 5.91 Å². The number of rotatable bonds is 8. The number of nitrogens with one attached hydrogen (secondary N) is 2. The van der Waals surface area contributed by atoms with E-state index in [-0.39, 0.29) is 17.9 Å². The van der Waals surface area contributed by atoms with Crippen molar-refractivity contribution in [1.82, 2.24) is 10.2 Å². The van der Waals surface area contributed by atoms with Crippen molar-refractivity contribution in [2.24, 2.45) is 4.99 Å². The summed E-state index contributed by atoms with van der Waals surface area (Å²) in [5.74, 6) is -0.109. The Bertz CT molecular complexity index is 1330. The number of amides is 2. The maximum absolute atomic E-state index is 12.9. The van der Waals surface area contributed by atoms with Crippen LogP contribution in [0.5, 0.6) is 5.75 Å². The smallest absolute Gasteiger partial charge is 0.251 e. The number of methoxy groups -OCH3 is 1. The van der Waals surface area contributed by atoms with Gasteiger partial charge in [0.15, 0.2) is 0 Å². The lowest BCUT2D eigenvalue weighted by Gasteiger charge is -2.26. The predicted molar refractivity (Wildman–Crippen MR) is 150 cm³/mol. The van der Waals surface area contributed by atoms with E-state index in [4.69, 9.17) is 4.74 Å². The average Bonchev–Trinajstić information content (AvgIpc) is 3.27. The molecule has 2 amide bonds. The molecular formula is C31H34N4O3. The molecule has 2 aliphatic heterocycles. The zero-order valence-electron chi connectivity index (χ0n) is 21.9. The minimum Gasteiger partial charge on any atom is -0.497 e. The van der Waals surface area contributed by atoms with Crippen molar-refractivity contribution in [2.45, 2.75) is 44.7 Å². The Morgan fingerprint density at radius 1 is 1.11 bits per heavy atom. The number of hydrogen-bond acceptors (Lipinski definition) is 5. The zero-order valence-corrected chi connectivity index (χ0v) is 21.9. The van der Waals surface area contributed by atoms with E-state index >= 15 is 0 Å². The van der Waals surface area contributed by atoms with Crippen molar-refractivity contribution >= 4 is 29.4 Å². The largest absolute Gasteiger partial charge is 0.497 e. The molecule has 2 aliphatic rings. The molecule has 196 valence electrons. The molecule has 0 spiro atoms. The highest BCUT2D eigenvalue weighted by Crippen LogP contribution is 2.33. The lowest BCUT2D eigenvalue weighted by atomic mass is 10.00. The lowest BCUT2D eigenvalue weighted by Crippen LogP contribution is -2.28. The standard InChI is InChI=1S/C31H34N4O3/c1-21(23-7-6-8-26(17-23)38-2)33-30(36)24-11-14-27-28(31(37)34-29(27)18-24)19-32-25-12-9-22(10-13-25)20-35-15-4-3-5-16-35/h6-14,17-19,21,28H,3-5,15-16,20H2,1-2H3,(H,33,36)(H,34,37)/t21-,28?/m1/s1. The van der Waals surface area contributed by atoms with E-state index in [1.807, 2.05) is 49.4 Å². The molecule has 1 saturated heterocycles. The van der Waals surface area contributed by atoms with Crippen LogP contribution in [0.25, 0.3) is 0 Å². The van der Waals surface area contributed by atoms with E-state index in [1.54, 1.807) is 25.5 Å². The van der Waals surface area contributed by atoms with Crippen molar-refractivity contribution in [2.75, 3.05) is 25.5 Å². The van der Waals surface area contributed by atoms with Gasteiger partial charge in [-0.2, -0.15) is 0 Å². The molecule has 1 unspecified atom stereocenters. The fourth-order valence-electron chi connectivity index (χ4n) is 5.07. The number of benzene rings is 3. The van der Waals surface area contributed by atoms with E-state index in [2.05, 4.69) is 32.7 Å². The van der Waals surface area contributed by atoms with Crippen LogP contribution in [0.3, 0.4) is 0 Å². The summed E-state index contributed by atoms with van der Waals surface area (Å²) in [7, 11) is 1.62. The Balaban J connectivity index is 1.23. The summed E-state index contributed by atoms with van der Waals surface area (Å²) in [6.45, 7) is 5.23. The second-order valence-corrected chi connectivity index (χ2v) is 10.0. The van der Waals surface area contributed by atoms with Crippen LogP contribution in [-0.2, 0) is 11.3 Å². The third-order valence-electron chi connectivity index (χ3n) is 7.30. The number of likely N-dealkylation sites (tertiary alicyclic amines) is 1. The Morgan fingerprint density at radius 2 is 1.89 bits per heavy atom. The molecule has 7 nitrogen and oxygen atoms in total. The molecule has 38 heavy (non-hydrogen) atoms. The van der Waals surface area contributed by atoms with Gasteiger partial charge in [0.1, 0.15) is 11.7 Å². The third kappa shape index (κ3) is 5.94. The van der Waals surface area contributed by atoms with Gasteiger partial charge in [-0.1, -0.05) is 36.8 Å². The molecule has 0 saturated carbocycles. The number of fused-ring (bicyclic) bond motifs is 1. The molecule has 5 rings (SSSR count). The molecule has 1 fully saturated rings. The molecule has 0 bridgehead atoms. The first kappa shape index (κ1) is 25.7. The summed E-state index contributed by atoms with van der Waals surface area (Å²) in [5, 5.41) is 5.92. The van der Waals surface area contributed by atoms with Crippen LogP contribution >= 0.6 is 0 Å². The molecule has 3 aromatic rings. The highest BCUT2D eigenvalue weighted by Gasteiger charge is 2.30. The number of anilines is 1. The zero-order chi connectivity index (χ0) is 26.5. The van der Waals surface area contributed by atoms with Crippen molar-refractivity contribution in [3.63, 3.8) is 0 Å². The molecule has 2 N–H and O–H groups in total.